The molecule has 0 saturated heterocycles. The molecule has 0 aliphatic carbocycles. The minimum Gasteiger partial charge on any atom is -0.462 e. The van der Waals surface area contributed by atoms with E-state index in [4.69, 9.17) is 25.8 Å². The predicted octanol–water partition coefficient (Wildman–Crippen LogP) is 3.17. The van der Waals surface area contributed by atoms with E-state index < -0.39 is 5.79 Å². The fourth-order valence-electron chi connectivity index (χ4n) is 1.92. The third-order valence-corrected chi connectivity index (χ3v) is 3.15. The monoisotopic (exact) mass is 242 g/mol. The highest BCUT2D eigenvalue weighted by atomic mass is 35.5. The second-order valence-corrected chi connectivity index (χ2v) is 4.49. The van der Waals surface area contributed by atoms with Crippen LogP contribution in [-0.2, 0) is 9.47 Å². The first-order valence-electron chi connectivity index (χ1n) is 5.14. The largest absolute Gasteiger partial charge is 0.462 e. The quantitative estimate of drug-likeness (QED) is 0.797. The Morgan fingerprint density at radius 3 is 2.81 bits per heavy atom. The van der Waals surface area contributed by atoms with Crippen molar-refractivity contribution in [3.63, 3.8) is 0 Å². The molecule has 2 rings (SSSR count). The van der Waals surface area contributed by atoms with Gasteiger partial charge in [0.25, 0.3) is 0 Å². The van der Waals surface area contributed by atoms with Crippen LogP contribution >= 0.6 is 11.6 Å². The third kappa shape index (κ3) is 2.03. The highest BCUT2D eigenvalue weighted by Gasteiger charge is 2.37. The van der Waals surface area contributed by atoms with Gasteiger partial charge in [0.05, 0.1) is 6.10 Å². The Morgan fingerprint density at radius 1 is 1.44 bits per heavy atom. The molecule has 1 aromatic carbocycles. The van der Waals surface area contributed by atoms with Gasteiger partial charge in [-0.25, -0.2) is 0 Å². The summed E-state index contributed by atoms with van der Waals surface area (Å²) in [5.41, 5.74) is 0.976. The second-order valence-electron chi connectivity index (χ2n) is 4.05. The van der Waals surface area contributed by atoms with Gasteiger partial charge in [0.1, 0.15) is 5.75 Å². The average Bonchev–Trinajstić information content (AvgIpc) is 2.29. The lowest BCUT2D eigenvalue weighted by atomic mass is 9.97. The summed E-state index contributed by atoms with van der Waals surface area (Å²) in [6.07, 6.45) is 0.597. The Hall–Kier alpha value is -0.770. The Balaban J connectivity index is 2.42. The van der Waals surface area contributed by atoms with Crippen LogP contribution < -0.4 is 4.74 Å². The highest BCUT2D eigenvalue weighted by Crippen LogP contribution is 2.42. The first-order valence-corrected chi connectivity index (χ1v) is 5.52. The van der Waals surface area contributed by atoms with Crippen LogP contribution in [0.4, 0.5) is 0 Å². The molecular formula is C12H15ClO3. The van der Waals surface area contributed by atoms with Crippen molar-refractivity contribution in [3.8, 4) is 5.75 Å². The predicted molar refractivity (Wildman–Crippen MR) is 61.9 cm³/mol. The molecule has 0 bridgehead atoms. The van der Waals surface area contributed by atoms with Gasteiger partial charge in [0.15, 0.2) is 0 Å². The molecule has 2 atom stereocenters. The maximum Gasteiger partial charge on any atom is 0.210 e. The zero-order chi connectivity index (χ0) is 11.8. The zero-order valence-electron chi connectivity index (χ0n) is 9.62. The topological polar surface area (TPSA) is 27.7 Å². The van der Waals surface area contributed by atoms with E-state index in [1.807, 2.05) is 19.1 Å². The molecule has 0 radical (unpaired) electrons. The van der Waals surface area contributed by atoms with Crippen LogP contribution in [0, 0.1) is 0 Å². The van der Waals surface area contributed by atoms with Crippen molar-refractivity contribution in [1.29, 1.82) is 0 Å². The highest BCUT2D eigenvalue weighted by molar-refractivity contribution is 6.30. The SMILES string of the molecule is CO[C@H]1C[C@](C)(OC)Oc2ccc(Cl)cc21. The van der Waals surface area contributed by atoms with E-state index in [-0.39, 0.29) is 6.10 Å². The molecule has 1 aromatic rings. The van der Waals surface area contributed by atoms with E-state index in [2.05, 4.69) is 0 Å². The fourth-order valence-corrected chi connectivity index (χ4v) is 2.10. The van der Waals surface area contributed by atoms with Gasteiger partial charge in [-0.2, -0.15) is 0 Å². The van der Waals surface area contributed by atoms with Gasteiger partial charge >= 0.3 is 0 Å². The Bertz CT molecular complexity index is 394. The molecule has 0 spiro atoms. The summed E-state index contributed by atoms with van der Waals surface area (Å²) < 4.78 is 16.6. The van der Waals surface area contributed by atoms with Crippen molar-refractivity contribution >= 4 is 11.6 Å². The van der Waals surface area contributed by atoms with Crippen molar-refractivity contribution in [2.24, 2.45) is 0 Å². The van der Waals surface area contributed by atoms with Gasteiger partial charge in [0.2, 0.25) is 5.79 Å². The smallest absolute Gasteiger partial charge is 0.210 e. The van der Waals surface area contributed by atoms with Gasteiger partial charge in [-0.15, -0.1) is 0 Å². The molecule has 16 heavy (non-hydrogen) atoms. The first-order chi connectivity index (χ1) is 7.58. The Morgan fingerprint density at radius 2 is 2.19 bits per heavy atom. The lowest BCUT2D eigenvalue weighted by molar-refractivity contribution is -0.184. The van der Waals surface area contributed by atoms with E-state index in [9.17, 15) is 0 Å². The second kappa shape index (κ2) is 4.24. The molecule has 1 aliphatic rings. The van der Waals surface area contributed by atoms with Crippen molar-refractivity contribution < 1.29 is 14.2 Å². The van der Waals surface area contributed by atoms with E-state index in [0.29, 0.717) is 11.4 Å². The van der Waals surface area contributed by atoms with E-state index >= 15 is 0 Å². The van der Waals surface area contributed by atoms with Crippen LogP contribution in [0.3, 0.4) is 0 Å². The van der Waals surface area contributed by atoms with Gasteiger partial charge in [-0.1, -0.05) is 11.6 Å². The third-order valence-electron chi connectivity index (χ3n) is 2.92. The molecule has 0 aromatic heterocycles. The van der Waals surface area contributed by atoms with Crippen molar-refractivity contribution in [2.45, 2.75) is 25.2 Å². The normalized spacial score (nSPS) is 28.4. The number of fused-ring (bicyclic) bond motifs is 1. The molecule has 0 amide bonds. The fraction of sp³-hybridized carbons (Fsp3) is 0.500. The molecular weight excluding hydrogens is 228 g/mol. The lowest BCUT2D eigenvalue weighted by Gasteiger charge is -2.38. The van der Waals surface area contributed by atoms with E-state index in [0.717, 1.165) is 11.3 Å². The van der Waals surface area contributed by atoms with Crippen molar-refractivity contribution in [1.82, 2.24) is 0 Å². The number of rotatable bonds is 2. The summed E-state index contributed by atoms with van der Waals surface area (Å²) >= 11 is 5.96. The Labute approximate surface area is 100 Å². The maximum atomic E-state index is 5.96. The first kappa shape index (κ1) is 11.7. The summed E-state index contributed by atoms with van der Waals surface area (Å²) in [6, 6.07) is 5.52. The van der Waals surface area contributed by atoms with Crippen LogP contribution in [0.5, 0.6) is 5.75 Å². The molecule has 88 valence electrons. The minimum absolute atomic E-state index is 0.0487. The summed E-state index contributed by atoms with van der Waals surface area (Å²) in [5.74, 6) is 0.133. The van der Waals surface area contributed by atoms with E-state index in [1.54, 1.807) is 20.3 Å². The molecule has 0 fully saturated rings. The van der Waals surface area contributed by atoms with Gasteiger partial charge in [0, 0.05) is 38.2 Å². The number of hydrogen-bond acceptors (Lipinski definition) is 3. The molecule has 0 unspecified atom stereocenters. The standard InChI is InChI=1S/C12H15ClO3/c1-12(15-3)7-11(14-2)9-6-8(13)4-5-10(9)16-12/h4-6,11H,7H2,1-3H3/t11-,12+/m0/s1. The minimum atomic E-state index is -0.637. The zero-order valence-corrected chi connectivity index (χ0v) is 10.4. The number of ether oxygens (including phenoxy) is 3. The molecule has 4 heteroatoms. The molecule has 0 N–H and O–H groups in total. The average molecular weight is 243 g/mol. The molecule has 1 heterocycles. The summed E-state index contributed by atoms with van der Waals surface area (Å²) in [6.45, 7) is 1.90. The van der Waals surface area contributed by atoms with Gasteiger partial charge < -0.3 is 14.2 Å². The summed E-state index contributed by atoms with van der Waals surface area (Å²) in [5, 5.41) is 0.686. The number of benzene rings is 1. The number of halogens is 1. The Kier molecular flexibility index (Phi) is 3.10. The summed E-state index contributed by atoms with van der Waals surface area (Å²) in [7, 11) is 3.31. The van der Waals surface area contributed by atoms with Crippen LogP contribution in [0.2, 0.25) is 5.02 Å². The van der Waals surface area contributed by atoms with Crippen LogP contribution in [0.25, 0.3) is 0 Å². The van der Waals surface area contributed by atoms with Gasteiger partial charge in [-0.3, -0.25) is 0 Å². The molecule has 0 saturated carbocycles. The van der Waals surface area contributed by atoms with Crippen molar-refractivity contribution in [2.75, 3.05) is 14.2 Å². The molecule has 1 aliphatic heterocycles. The lowest BCUT2D eigenvalue weighted by Crippen LogP contribution is -2.40. The van der Waals surface area contributed by atoms with Gasteiger partial charge in [-0.05, 0) is 18.2 Å². The number of hydrogen-bond donors (Lipinski definition) is 0. The van der Waals surface area contributed by atoms with Crippen LogP contribution in [0.1, 0.15) is 25.0 Å². The van der Waals surface area contributed by atoms with Crippen LogP contribution in [-0.4, -0.2) is 20.0 Å². The maximum absolute atomic E-state index is 5.96. The number of methoxy groups -OCH3 is 2. The summed E-state index contributed by atoms with van der Waals surface area (Å²) in [4.78, 5) is 0. The van der Waals surface area contributed by atoms with Crippen LogP contribution in [0.15, 0.2) is 18.2 Å². The van der Waals surface area contributed by atoms with Crippen molar-refractivity contribution in [3.05, 3.63) is 28.8 Å². The molecule has 3 nitrogen and oxygen atoms in total. The van der Waals surface area contributed by atoms with E-state index in [1.165, 1.54) is 0 Å².